The van der Waals surface area contributed by atoms with Crippen LogP contribution in [0, 0.1) is 11.6 Å². The molecule has 1 saturated carbocycles. The third kappa shape index (κ3) is 4.35. The van der Waals surface area contributed by atoms with Crippen LogP contribution in [-0.4, -0.2) is 44.2 Å². The number of aromatic carboxylic acids is 1. The molecule has 0 radical (unpaired) electrons. The number of aliphatic hydroxyl groups is 1. The lowest BCUT2D eigenvalue weighted by atomic mass is 9.77. The van der Waals surface area contributed by atoms with Crippen LogP contribution in [-0.2, 0) is 10.3 Å². The highest BCUT2D eigenvalue weighted by atomic mass is 19.1. The van der Waals surface area contributed by atoms with Gasteiger partial charge in [0.1, 0.15) is 16.9 Å². The summed E-state index contributed by atoms with van der Waals surface area (Å²) in [6.07, 6.45) is 3.50. The number of nitrogens with zero attached hydrogens (tertiary/aromatic N) is 2. The summed E-state index contributed by atoms with van der Waals surface area (Å²) in [6.45, 7) is 4.00. The van der Waals surface area contributed by atoms with E-state index in [9.17, 15) is 19.4 Å². The number of carbonyl (C=O) groups is 1. The molecule has 5 aromatic rings. The second-order valence-corrected chi connectivity index (χ2v) is 9.73. The maximum atomic E-state index is 16.3. The first-order chi connectivity index (χ1) is 19.3. The largest absolute Gasteiger partial charge is 0.478 e. The molecule has 3 N–H and O–H groups in total. The van der Waals surface area contributed by atoms with Gasteiger partial charge in [-0.2, -0.15) is 5.10 Å². The second kappa shape index (κ2) is 10.8. The number of methoxy groups -OCH3 is 1. The maximum Gasteiger partial charge on any atom is 0.335 e. The molecule has 6 rings (SSSR count). The Kier molecular flexibility index (Phi) is 7.44. The number of aromatic amines is 1. The zero-order valence-electron chi connectivity index (χ0n) is 22.5. The monoisotopic (exact) mass is 547 g/mol. The SMILES string of the molecule is CC.COC1CCCCC1(O)c1c(-c2ccc(C(=O)O)cc2)c2c(F)c3[nH]ncc3cc2n1-c1ccc(F)cc1. The molecule has 1 aliphatic carbocycles. The molecule has 0 saturated heterocycles. The van der Waals surface area contributed by atoms with Crippen molar-refractivity contribution in [1.29, 1.82) is 0 Å². The van der Waals surface area contributed by atoms with E-state index in [4.69, 9.17) is 4.74 Å². The number of H-pyrrole nitrogens is 1. The van der Waals surface area contributed by atoms with Crippen LogP contribution in [0.25, 0.3) is 38.6 Å². The number of hydrogen-bond acceptors (Lipinski definition) is 4. The molecule has 9 heteroatoms. The summed E-state index contributed by atoms with van der Waals surface area (Å²) in [6, 6.07) is 13.7. The molecule has 208 valence electrons. The number of nitrogens with one attached hydrogen (secondary N) is 1. The van der Waals surface area contributed by atoms with E-state index >= 15 is 4.39 Å². The van der Waals surface area contributed by atoms with Gasteiger partial charge in [-0.15, -0.1) is 0 Å². The van der Waals surface area contributed by atoms with Crippen molar-refractivity contribution >= 4 is 27.8 Å². The van der Waals surface area contributed by atoms with Crippen LogP contribution in [0.5, 0.6) is 0 Å². The predicted molar refractivity (Wildman–Crippen MR) is 150 cm³/mol. The fourth-order valence-electron chi connectivity index (χ4n) is 5.84. The van der Waals surface area contributed by atoms with E-state index in [0.717, 1.165) is 12.8 Å². The molecule has 3 aromatic carbocycles. The van der Waals surface area contributed by atoms with Crippen LogP contribution in [0.15, 0.2) is 60.8 Å². The highest BCUT2D eigenvalue weighted by Crippen LogP contribution is 2.49. The highest BCUT2D eigenvalue weighted by Gasteiger charge is 2.46. The average Bonchev–Trinajstić information content (AvgIpc) is 3.59. The Morgan fingerprint density at radius 1 is 1.10 bits per heavy atom. The molecule has 0 spiro atoms. The van der Waals surface area contributed by atoms with E-state index in [1.165, 1.54) is 30.5 Å². The maximum absolute atomic E-state index is 16.3. The van der Waals surface area contributed by atoms with Crippen LogP contribution in [0.4, 0.5) is 8.78 Å². The Balaban J connectivity index is 0.00000158. The third-order valence-corrected chi connectivity index (χ3v) is 7.61. The standard InChI is InChI=1S/C29H25F2N3O4.C2H6/c1-38-22-4-2-3-13-29(22,37)27-23(16-5-7-17(8-6-16)28(35)36)24-21(14-18-15-32-33-26(18)25(24)31)34(27)20-11-9-19(30)10-12-20;1-2/h5-12,14-15,22,37H,2-4,13H2,1H3,(H,32,33)(H,35,36);1-2H3. The molecule has 2 unspecified atom stereocenters. The summed E-state index contributed by atoms with van der Waals surface area (Å²) >= 11 is 0. The van der Waals surface area contributed by atoms with E-state index in [1.807, 2.05) is 13.8 Å². The lowest BCUT2D eigenvalue weighted by Gasteiger charge is -2.40. The van der Waals surface area contributed by atoms with Gasteiger partial charge in [-0.05, 0) is 67.3 Å². The predicted octanol–water partition coefficient (Wildman–Crippen LogP) is 6.95. The summed E-state index contributed by atoms with van der Waals surface area (Å²) in [5, 5.41) is 29.3. The van der Waals surface area contributed by atoms with Gasteiger partial charge in [0.15, 0.2) is 5.82 Å². The summed E-state index contributed by atoms with van der Waals surface area (Å²) < 4.78 is 37.9. The van der Waals surface area contributed by atoms with Gasteiger partial charge in [-0.25, -0.2) is 13.6 Å². The van der Waals surface area contributed by atoms with Crippen molar-refractivity contribution in [3.63, 3.8) is 0 Å². The summed E-state index contributed by atoms with van der Waals surface area (Å²) in [5.41, 5.74) is 1.14. The normalized spacial score (nSPS) is 19.0. The van der Waals surface area contributed by atoms with Crippen molar-refractivity contribution in [3.8, 4) is 16.8 Å². The number of fused-ring (bicyclic) bond motifs is 2. The molecule has 0 aliphatic heterocycles. The number of benzene rings is 3. The summed E-state index contributed by atoms with van der Waals surface area (Å²) in [4.78, 5) is 11.5. The van der Waals surface area contributed by atoms with Gasteiger partial charge in [0.2, 0.25) is 0 Å². The van der Waals surface area contributed by atoms with Crippen molar-refractivity contribution in [3.05, 3.63) is 83.7 Å². The fourth-order valence-corrected chi connectivity index (χ4v) is 5.84. The number of aromatic nitrogens is 3. The number of carboxylic acid groups (broad SMARTS) is 1. The van der Waals surface area contributed by atoms with Crippen LogP contribution in [0.3, 0.4) is 0 Å². The average molecular weight is 548 g/mol. The number of rotatable bonds is 5. The molecule has 40 heavy (non-hydrogen) atoms. The lowest BCUT2D eigenvalue weighted by Crippen LogP contribution is -2.45. The Bertz CT molecular complexity index is 1680. The quantitative estimate of drug-likeness (QED) is 0.221. The number of carboxylic acids is 1. The van der Waals surface area contributed by atoms with Gasteiger partial charge in [0.25, 0.3) is 0 Å². The molecule has 7 nitrogen and oxygen atoms in total. The fraction of sp³-hybridized carbons (Fsp3) is 0.290. The van der Waals surface area contributed by atoms with Crippen LogP contribution in [0.2, 0.25) is 0 Å². The molecule has 0 amide bonds. The van der Waals surface area contributed by atoms with Crippen molar-refractivity contribution in [1.82, 2.24) is 14.8 Å². The lowest BCUT2D eigenvalue weighted by molar-refractivity contribution is -0.125. The van der Waals surface area contributed by atoms with E-state index in [1.54, 1.807) is 42.0 Å². The highest BCUT2D eigenvalue weighted by molar-refractivity contribution is 6.06. The van der Waals surface area contributed by atoms with Crippen molar-refractivity contribution in [2.24, 2.45) is 0 Å². The summed E-state index contributed by atoms with van der Waals surface area (Å²) in [5.74, 6) is -2.06. The third-order valence-electron chi connectivity index (χ3n) is 7.61. The van der Waals surface area contributed by atoms with Gasteiger partial charge in [0, 0.05) is 29.1 Å². The summed E-state index contributed by atoms with van der Waals surface area (Å²) in [7, 11) is 1.54. The minimum Gasteiger partial charge on any atom is -0.478 e. The Labute approximate surface area is 230 Å². The van der Waals surface area contributed by atoms with Crippen LogP contribution in [0.1, 0.15) is 55.6 Å². The molecule has 2 aromatic heterocycles. The van der Waals surface area contributed by atoms with Crippen molar-refractivity contribution in [2.45, 2.75) is 51.2 Å². The molecule has 2 atom stereocenters. The second-order valence-electron chi connectivity index (χ2n) is 9.73. The van der Waals surface area contributed by atoms with Crippen molar-refractivity contribution < 1.29 is 28.5 Å². The molecule has 1 fully saturated rings. The van der Waals surface area contributed by atoms with Gasteiger partial charge < -0.3 is 19.5 Å². The van der Waals surface area contributed by atoms with E-state index < -0.39 is 29.3 Å². The van der Waals surface area contributed by atoms with E-state index in [0.29, 0.717) is 46.3 Å². The molecular formula is C31H31F2N3O4. The van der Waals surface area contributed by atoms with Gasteiger partial charge in [-0.3, -0.25) is 5.10 Å². The number of ether oxygens (including phenoxy) is 1. The minimum atomic E-state index is -1.51. The Hall–Kier alpha value is -4.08. The van der Waals surface area contributed by atoms with Crippen LogP contribution >= 0.6 is 0 Å². The number of hydrogen-bond donors (Lipinski definition) is 3. The van der Waals surface area contributed by atoms with E-state index in [2.05, 4.69) is 10.2 Å². The number of halogens is 2. The Morgan fingerprint density at radius 2 is 1.80 bits per heavy atom. The van der Waals surface area contributed by atoms with Gasteiger partial charge >= 0.3 is 5.97 Å². The molecule has 1 aliphatic rings. The first-order valence-corrected chi connectivity index (χ1v) is 13.4. The molecule has 0 bridgehead atoms. The first-order valence-electron chi connectivity index (χ1n) is 13.4. The topological polar surface area (TPSA) is 100 Å². The zero-order valence-corrected chi connectivity index (χ0v) is 22.5. The van der Waals surface area contributed by atoms with Crippen molar-refractivity contribution in [2.75, 3.05) is 7.11 Å². The minimum absolute atomic E-state index is 0.0835. The van der Waals surface area contributed by atoms with Gasteiger partial charge in [-0.1, -0.05) is 32.4 Å². The smallest absolute Gasteiger partial charge is 0.335 e. The molecule has 2 heterocycles. The first kappa shape index (κ1) is 27.5. The van der Waals surface area contributed by atoms with Crippen LogP contribution < -0.4 is 0 Å². The zero-order chi connectivity index (χ0) is 28.6. The van der Waals surface area contributed by atoms with E-state index in [-0.39, 0.29) is 16.5 Å². The molecular weight excluding hydrogens is 516 g/mol. The Morgan fingerprint density at radius 3 is 2.45 bits per heavy atom. The van der Waals surface area contributed by atoms with Gasteiger partial charge in [0.05, 0.1) is 29.1 Å².